The quantitative estimate of drug-likeness (QED) is 0.158. The number of anilines is 1. The van der Waals surface area contributed by atoms with Crippen LogP contribution in [0.15, 0.2) is 122 Å². The lowest BCUT2D eigenvalue weighted by molar-refractivity contribution is 0.481. The summed E-state index contributed by atoms with van der Waals surface area (Å²) < 4.78 is 67.8. The Bertz CT molecular complexity index is 2580. The first-order valence-corrected chi connectivity index (χ1v) is 16.1. The first-order valence-electron chi connectivity index (χ1n) is 13.3. The summed E-state index contributed by atoms with van der Waals surface area (Å²) in [6.07, 6.45) is 1.27. The third kappa shape index (κ3) is 5.72. The number of fused-ring (bicyclic) bond motifs is 3. The maximum Gasteiger partial charge on any atom is 0.296 e. The molecule has 0 amide bonds. The van der Waals surface area contributed by atoms with E-state index < -0.39 is 30.7 Å². The molecule has 3 N–H and O–H groups in total. The molecule has 2 heterocycles. The smallest absolute Gasteiger partial charge is 0.296 e. The van der Waals surface area contributed by atoms with Gasteiger partial charge in [-0.15, -0.1) is 0 Å². The average molecular weight is 653 g/mol. The van der Waals surface area contributed by atoms with Crippen molar-refractivity contribution in [2.75, 3.05) is 5.32 Å². The minimum absolute atomic E-state index is 0.0181. The van der Waals surface area contributed by atoms with Crippen LogP contribution in [0.3, 0.4) is 0 Å². The number of hydrogen-bond acceptors (Lipinski definition) is 10. The summed E-state index contributed by atoms with van der Waals surface area (Å²) >= 11 is 0. The molecule has 0 saturated heterocycles. The number of nitrogens with zero attached hydrogens (tertiary/aromatic N) is 5. The molecule has 13 nitrogen and oxygen atoms in total. The molecule has 2 aromatic heterocycles. The molecule has 0 aliphatic carbocycles. The zero-order chi connectivity index (χ0) is 32.6. The third-order valence-corrected chi connectivity index (χ3v) is 8.70. The number of para-hydroxylation sites is 2. The van der Waals surface area contributed by atoms with Crippen LogP contribution in [0.25, 0.3) is 34.0 Å². The van der Waals surface area contributed by atoms with Gasteiger partial charge in [0.05, 0.1) is 38.2 Å². The van der Waals surface area contributed by atoms with Gasteiger partial charge in [-0.2, -0.15) is 32.3 Å². The van der Waals surface area contributed by atoms with Crippen molar-refractivity contribution in [2.45, 2.75) is 9.79 Å². The van der Waals surface area contributed by atoms with E-state index in [9.17, 15) is 31.4 Å². The Labute approximate surface area is 260 Å². The number of imidazole rings is 1. The van der Waals surface area contributed by atoms with Crippen molar-refractivity contribution < 1.29 is 25.9 Å². The number of azo groups is 1. The highest BCUT2D eigenvalue weighted by atomic mass is 32.2. The highest BCUT2D eigenvalue weighted by Gasteiger charge is 2.21. The van der Waals surface area contributed by atoms with Gasteiger partial charge in [0.25, 0.3) is 25.8 Å². The van der Waals surface area contributed by atoms with E-state index in [1.165, 1.54) is 34.9 Å². The minimum atomic E-state index is -4.83. The molecule has 0 atom stereocenters. The third-order valence-electron chi connectivity index (χ3n) is 6.94. The topological polar surface area (TPSA) is 204 Å². The first-order chi connectivity index (χ1) is 22.0. The first kappa shape index (κ1) is 30.2. The van der Waals surface area contributed by atoms with E-state index in [-0.39, 0.29) is 44.0 Å². The fourth-order valence-corrected chi connectivity index (χ4v) is 6.03. The molecule has 0 unspecified atom stereocenters. The van der Waals surface area contributed by atoms with Gasteiger partial charge in [-0.1, -0.05) is 42.5 Å². The van der Waals surface area contributed by atoms with E-state index in [1.54, 1.807) is 54.6 Å². The Hall–Kier alpha value is -5.79. The van der Waals surface area contributed by atoms with Crippen LogP contribution in [0, 0.1) is 11.3 Å². The standard InChI is InChI=1S/C31H20N6O7S2/c32-17-23-29(19-6-2-1-3-7-19)24(31(38)37-27-9-5-4-8-25(27)34-30(23)37)18-33-26-15-12-21(16-28(26)46(42,43)44)36-35-20-10-13-22(14-11-20)45(39,40)41/h1-16,18,33H,(H,39,40,41)(H,42,43,44)/b24-18+,36-35?. The predicted octanol–water partition coefficient (Wildman–Crippen LogP) is 4.86. The lowest BCUT2D eigenvalue weighted by Gasteiger charge is -2.10. The van der Waals surface area contributed by atoms with Crippen molar-refractivity contribution in [3.8, 4) is 17.2 Å². The monoisotopic (exact) mass is 652 g/mol. The van der Waals surface area contributed by atoms with E-state index in [0.717, 1.165) is 18.2 Å². The Morgan fingerprint density at radius 3 is 2.15 bits per heavy atom. The molecule has 46 heavy (non-hydrogen) atoms. The average Bonchev–Trinajstić information content (AvgIpc) is 3.43. The van der Waals surface area contributed by atoms with Gasteiger partial charge in [-0.3, -0.25) is 18.3 Å². The highest BCUT2D eigenvalue weighted by molar-refractivity contribution is 7.86. The largest absolute Gasteiger partial charge is 0.360 e. The zero-order valence-electron chi connectivity index (χ0n) is 23.3. The number of benzene rings is 4. The predicted molar refractivity (Wildman–Crippen MR) is 169 cm³/mol. The zero-order valence-corrected chi connectivity index (χ0v) is 24.9. The van der Waals surface area contributed by atoms with Crippen molar-refractivity contribution in [1.82, 2.24) is 9.38 Å². The second kappa shape index (κ2) is 11.6. The number of nitrogens with one attached hydrogen (secondary N) is 1. The lowest BCUT2D eigenvalue weighted by atomic mass is 9.99. The summed E-state index contributed by atoms with van der Waals surface area (Å²) in [5, 5.41) is 21.0. The maximum atomic E-state index is 14.0. The van der Waals surface area contributed by atoms with Crippen LogP contribution in [-0.2, 0) is 20.2 Å². The minimum Gasteiger partial charge on any atom is -0.360 e. The summed E-state index contributed by atoms with van der Waals surface area (Å²) in [7, 11) is -9.23. The fourth-order valence-electron chi connectivity index (χ4n) is 4.87. The summed E-state index contributed by atoms with van der Waals surface area (Å²) in [4.78, 5) is 17.6. The summed E-state index contributed by atoms with van der Waals surface area (Å²) in [6.45, 7) is 0. The van der Waals surface area contributed by atoms with Crippen molar-refractivity contribution >= 4 is 60.2 Å². The normalized spacial score (nSPS) is 12.6. The van der Waals surface area contributed by atoms with Crippen LogP contribution in [0.4, 0.5) is 17.1 Å². The van der Waals surface area contributed by atoms with Gasteiger partial charge in [0.2, 0.25) is 0 Å². The van der Waals surface area contributed by atoms with Crippen LogP contribution < -0.4 is 16.1 Å². The Morgan fingerprint density at radius 1 is 0.826 bits per heavy atom. The van der Waals surface area contributed by atoms with E-state index in [1.807, 2.05) is 0 Å². The molecule has 0 aliphatic rings. The van der Waals surface area contributed by atoms with E-state index in [2.05, 4.69) is 26.6 Å². The van der Waals surface area contributed by atoms with E-state index in [0.29, 0.717) is 16.6 Å². The van der Waals surface area contributed by atoms with E-state index in [4.69, 9.17) is 4.55 Å². The van der Waals surface area contributed by atoms with Crippen molar-refractivity contribution in [2.24, 2.45) is 10.2 Å². The maximum absolute atomic E-state index is 14.0. The molecule has 0 aliphatic heterocycles. The molecule has 4 aromatic carbocycles. The highest BCUT2D eigenvalue weighted by Crippen LogP contribution is 2.29. The summed E-state index contributed by atoms with van der Waals surface area (Å²) in [5.74, 6) is 0. The van der Waals surface area contributed by atoms with Crippen LogP contribution in [-0.4, -0.2) is 35.3 Å². The Morgan fingerprint density at radius 2 is 1.48 bits per heavy atom. The van der Waals surface area contributed by atoms with Crippen LogP contribution in [0.5, 0.6) is 0 Å². The summed E-state index contributed by atoms with van der Waals surface area (Å²) in [5.41, 5.74) is 1.71. The second-order valence-corrected chi connectivity index (χ2v) is 12.6. The van der Waals surface area contributed by atoms with Crippen molar-refractivity contribution in [3.63, 3.8) is 0 Å². The molecule has 6 aromatic rings. The molecule has 0 saturated carbocycles. The van der Waals surface area contributed by atoms with Gasteiger partial charge in [0.15, 0.2) is 5.65 Å². The molecule has 228 valence electrons. The molecular formula is C31H20N6O7S2. The Kier molecular flexibility index (Phi) is 7.64. The van der Waals surface area contributed by atoms with Gasteiger partial charge in [-0.05, 0) is 60.2 Å². The van der Waals surface area contributed by atoms with Gasteiger partial charge in [0, 0.05) is 11.8 Å². The van der Waals surface area contributed by atoms with Crippen LogP contribution in [0.1, 0.15) is 5.56 Å². The number of hydrogen-bond donors (Lipinski definition) is 3. The van der Waals surface area contributed by atoms with Gasteiger partial charge < -0.3 is 5.32 Å². The molecule has 6 rings (SSSR count). The van der Waals surface area contributed by atoms with Crippen molar-refractivity contribution in [1.29, 1.82) is 5.26 Å². The van der Waals surface area contributed by atoms with Gasteiger partial charge >= 0.3 is 0 Å². The molecular weight excluding hydrogens is 633 g/mol. The number of aromatic nitrogens is 2. The van der Waals surface area contributed by atoms with Gasteiger partial charge in [0.1, 0.15) is 16.5 Å². The van der Waals surface area contributed by atoms with Crippen LogP contribution in [0.2, 0.25) is 0 Å². The molecule has 0 spiro atoms. The van der Waals surface area contributed by atoms with Crippen LogP contribution >= 0.6 is 0 Å². The van der Waals surface area contributed by atoms with Crippen molar-refractivity contribution in [3.05, 3.63) is 118 Å². The van der Waals surface area contributed by atoms with Gasteiger partial charge in [-0.25, -0.2) is 4.98 Å². The lowest BCUT2D eigenvalue weighted by Crippen LogP contribution is -2.34. The number of nitriles is 1. The SMILES string of the molecule is N#Cc1c(-c2ccccc2)/c(=C\Nc2ccc(N=Nc3ccc(S(=O)(=O)O)cc3)cc2S(=O)(=O)O)c(=O)n2c1nc1ccccc12. The molecule has 15 heteroatoms. The number of pyridine rings is 1. The fraction of sp³-hybridized carbons (Fsp3) is 0. The molecule has 0 radical (unpaired) electrons. The Balaban J connectivity index is 1.48. The molecule has 0 bridgehead atoms. The molecule has 0 fully saturated rings. The van der Waals surface area contributed by atoms with E-state index >= 15 is 0 Å². The summed E-state index contributed by atoms with van der Waals surface area (Å²) in [6, 6.07) is 26.4. The second-order valence-electron chi connectivity index (χ2n) is 9.82. The number of rotatable bonds is 7.